The van der Waals surface area contributed by atoms with E-state index >= 15 is 0 Å². The summed E-state index contributed by atoms with van der Waals surface area (Å²) in [4.78, 5) is 10.9. The van der Waals surface area contributed by atoms with Crippen molar-refractivity contribution in [2.75, 3.05) is 0 Å². The van der Waals surface area contributed by atoms with Crippen molar-refractivity contribution in [2.45, 2.75) is 64.8 Å². The van der Waals surface area contributed by atoms with Crippen LogP contribution in [-0.2, 0) is 11.0 Å². The van der Waals surface area contributed by atoms with Gasteiger partial charge in [0.05, 0.1) is 12.2 Å². The first-order valence-electron chi connectivity index (χ1n) is 7.68. The van der Waals surface area contributed by atoms with E-state index in [4.69, 9.17) is 9.53 Å². The van der Waals surface area contributed by atoms with E-state index in [0.717, 1.165) is 5.56 Å². The molecule has 0 radical (unpaired) electrons. The highest BCUT2D eigenvalue weighted by atomic mass is 28.4. The Hall–Kier alpha value is -1.13. The van der Waals surface area contributed by atoms with Crippen LogP contribution >= 0.6 is 0 Å². The molecule has 0 saturated carbocycles. The topological polar surface area (TPSA) is 46.5 Å². The smallest absolute Gasteiger partial charge is 0.335 e. The summed E-state index contributed by atoms with van der Waals surface area (Å²) in [5.41, 5.74) is 3.01. The van der Waals surface area contributed by atoms with Crippen LogP contribution in [-0.4, -0.2) is 19.4 Å². The normalized spacial score (nSPS) is 12.4. The van der Waals surface area contributed by atoms with Crippen LogP contribution in [0.4, 0.5) is 0 Å². The maximum Gasteiger partial charge on any atom is 0.335 e. The molecule has 1 rings (SSSR count). The number of benzene rings is 1. The maximum absolute atomic E-state index is 10.9. The van der Waals surface area contributed by atoms with Gasteiger partial charge < -0.3 is 9.53 Å². The zero-order valence-electron chi connectivity index (χ0n) is 14.0. The van der Waals surface area contributed by atoms with Gasteiger partial charge >= 0.3 is 5.97 Å². The van der Waals surface area contributed by atoms with Crippen LogP contribution < -0.4 is 0 Å². The van der Waals surface area contributed by atoms with Crippen LogP contribution in [0.2, 0.25) is 16.6 Å². The molecule has 0 aromatic heterocycles. The summed E-state index contributed by atoms with van der Waals surface area (Å²) in [6.45, 7) is 14.2. The monoisotopic (exact) mass is 308 g/mol. The lowest BCUT2D eigenvalue weighted by Gasteiger charge is -2.42. The summed E-state index contributed by atoms with van der Waals surface area (Å²) in [7, 11) is -1.86. The third kappa shape index (κ3) is 3.95. The van der Waals surface area contributed by atoms with E-state index in [1.165, 1.54) is 0 Å². The first kappa shape index (κ1) is 17.9. The molecule has 118 valence electrons. The fourth-order valence-corrected chi connectivity index (χ4v) is 8.87. The van der Waals surface area contributed by atoms with E-state index in [1.807, 2.05) is 12.1 Å². The van der Waals surface area contributed by atoms with E-state index < -0.39 is 14.3 Å². The minimum Gasteiger partial charge on any atom is -0.478 e. The molecule has 0 heterocycles. The van der Waals surface area contributed by atoms with E-state index in [9.17, 15) is 4.79 Å². The zero-order valence-corrected chi connectivity index (χ0v) is 15.0. The van der Waals surface area contributed by atoms with Crippen LogP contribution in [0.3, 0.4) is 0 Å². The molecule has 1 aromatic carbocycles. The molecule has 1 N–H and O–H groups in total. The summed E-state index contributed by atoms with van der Waals surface area (Å²) >= 11 is 0. The van der Waals surface area contributed by atoms with E-state index in [1.54, 1.807) is 12.1 Å². The Morgan fingerprint density at radius 2 is 1.43 bits per heavy atom. The Labute approximate surface area is 129 Å². The third-order valence-electron chi connectivity index (χ3n) is 4.40. The number of hydrogen-bond donors (Lipinski definition) is 1. The Morgan fingerprint density at radius 3 is 1.76 bits per heavy atom. The van der Waals surface area contributed by atoms with Gasteiger partial charge in [-0.15, -0.1) is 0 Å². The zero-order chi connectivity index (χ0) is 16.2. The highest BCUT2D eigenvalue weighted by Gasteiger charge is 2.44. The van der Waals surface area contributed by atoms with Gasteiger partial charge in [-0.2, -0.15) is 0 Å². The molecular weight excluding hydrogens is 280 g/mol. The Balaban J connectivity index is 2.89. The second-order valence-corrected chi connectivity index (χ2v) is 12.1. The molecule has 0 aliphatic heterocycles. The molecule has 0 aliphatic rings. The molecule has 0 aliphatic carbocycles. The van der Waals surface area contributed by atoms with Gasteiger partial charge in [-0.1, -0.05) is 53.7 Å². The molecule has 0 atom stereocenters. The van der Waals surface area contributed by atoms with E-state index in [0.29, 0.717) is 28.8 Å². The predicted octanol–water partition coefficient (Wildman–Crippen LogP) is 5.08. The van der Waals surface area contributed by atoms with Gasteiger partial charge in [0.1, 0.15) is 0 Å². The van der Waals surface area contributed by atoms with Crippen molar-refractivity contribution < 1.29 is 14.3 Å². The summed E-state index contributed by atoms with van der Waals surface area (Å²) < 4.78 is 6.49. The quantitative estimate of drug-likeness (QED) is 0.715. The van der Waals surface area contributed by atoms with E-state index in [-0.39, 0.29) is 0 Å². The lowest BCUT2D eigenvalue weighted by Crippen LogP contribution is -2.47. The number of hydrogen-bond acceptors (Lipinski definition) is 2. The van der Waals surface area contributed by atoms with Crippen LogP contribution in [0.1, 0.15) is 57.5 Å². The third-order valence-corrected chi connectivity index (χ3v) is 10.5. The first-order chi connectivity index (χ1) is 9.71. The fourth-order valence-electron chi connectivity index (χ4n) is 3.45. The van der Waals surface area contributed by atoms with Crippen molar-refractivity contribution >= 4 is 14.3 Å². The standard InChI is InChI=1S/C17H28O3Si/c1-12(2)21(13(3)4,14(5)6)20-11-15-7-9-16(10-8-15)17(18)19/h7-10,12-14H,11H2,1-6H3,(H,18,19). The SMILES string of the molecule is CC(C)[Si](OCc1ccc(C(=O)O)cc1)(C(C)C)C(C)C. The lowest BCUT2D eigenvalue weighted by atomic mass is 10.1. The molecule has 0 unspecified atom stereocenters. The van der Waals surface area contributed by atoms with Gasteiger partial charge in [-0.25, -0.2) is 4.79 Å². The van der Waals surface area contributed by atoms with Gasteiger partial charge in [-0.05, 0) is 34.3 Å². The van der Waals surface area contributed by atoms with Crippen molar-refractivity contribution in [3.8, 4) is 0 Å². The minimum atomic E-state index is -1.86. The molecule has 0 bridgehead atoms. The van der Waals surface area contributed by atoms with Crippen molar-refractivity contribution in [1.29, 1.82) is 0 Å². The maximum atomic E-state index is 10.9. The molecule has 21 heavy (non-hydrogen) atoms. The first-order valence-corrected chi connectivity index (χ1v) is 9.82. The van der Waals surface area contributed by atoms with Crippen molar-refractivity contribution in [2.24, 2.45) is 0 Å². The summed E-state index contributed by atoms with van der Waals surface area (Å²) in [6.07, 6.45) is 0. The summed E-state index contributed by atoms with van der Waals surface area (Å²) in [6, 6.07) is 6.99. The second-order valence-electron chi connectivity index (χ2n) is 6.61. The van der Waals surface area contributed by atoms with Crippen LogP contribution in [0.25, 0.3) is 0 Å². The average molecular weight is 308 g/mol. The molecule has 3 nitrogen and oxygen atoms in total. The highest BCUT2D eigenvalue weighted by Crippen LogP contribution is 2.42. The fraction of sp³-hybridized carbons (Fsp3) is 0.588. The van der Waals surface area contributed by atoms with Gasteiger partial charge in [0.15, 0.2) is 0 Å². The Bertz CT molecular complexity index is 442. The van der Waals surface area contributed by atoms with Gasteiger partial charge in [0, 0.05) is 0 Å². The van der Waals surface area contributed by atoms with Crippen LogP contribution in [0, 0.1) is 0 Å². The number of carbonyl (C=O) groups is 1. The molecule has 4 heteroatoms. The lowest BCUT2D eigenvalue weighted by molar-refractivity contribution is 0.0697. The molecular formula is C17H28O3Si. The van der Waals surface area contributed by atoms with Crippen molar-refractivity contribution in [1.82, 2.24) is 0 Å². The summed E-state index contributed by atoms with van der Waals surface area (Å²) in [5.74, 6) is -0.891. The average Bonchev–Trinajstić information content (AvgIpc) is 2.38. The van der Waals surface area contributed by atoms with Crippen molar-refractivity contribution in [3.05, 3.63) is 35.4 Å². The Morgan fingerprint density at radius 1 is 1.00 bits per heavy atom. The minimum absolute atomic E-state index is 0.318. The molecule has 1 aromatic rings. The number of carboxylic acids is 1. The second kappa shape index (κ2) is 7.23. The molecule has 0 spiro atoms. The molecule has 0 saturated heterocycles. The van der Waals surface area contributed by atoms with Gasteiger partial charge in [0.25, 0.3) is 0 Å². The number of aromatic carboxylic acids is 1. The number of rotatable bonds is 7. The molecule has 0 amide bonds. The van der Waals surface area contributed by atoms with Crippen molar-refractivity contribution in [3.63, 3.8) is 0 Å². The molecule has 0 fully saturated rings. The van der Waals surface area contributed by atoms with Gasteiger partial charge in [-0.3, -0.25) is 0 Å². The summed E-state index contributed by atoms with van der Waals surface area (Å²) in [5, 5.41) is 8.93. The predicted molar refractivity (Wildman–Crippen MR) is 89.2 cm³/mol. The highest BCUT2D eigenvalue weighted by molar-refractivity contribution is 6.77. The van der Waals surface area contributed by atoms with Gasteiger partial charge in [0.2, 0.25) is 8.32 Å². The van der Waals surface area contributed by atoms with Crippen LogP contribution in [0.5, 0.6) is 0 Å². The van der Waals surface area contributed by atoms with Crippen LogP contribution in [0.15, 0.2) is 24.3 Å². The number of carboxylic acid groups (broad SMARTS) is 1. The van der Waals surface area contributed by atoms with E-state index in [2.05, 4.69) is 41.5 Å². The Kier molecular flexibility index (Phi) is 6.17. The largest absolute Gasteiger partial charge is 0.478 e.